The smallest absolute Gasteiger partial charge is 0.325 e. The second-order valence-electron chi connectivity index (χ2n) is 6.41. The maximum atomic E-state index is 12.7. The molecular formula is C21H22N4O4S. The Labute approximate surface area is 178 Å². The highest BCUT2D eigenvalue weighted by Gasteiger charge is 2.17. The van der Waals surface area contributed by atoms with Crippen molar-refractivity contribution in [3.05, 3.63) is 58.6 Å². The van der Waals surface area contributed by atoms with Crippen LogP contribution in [0.5, 0.6) is 11.5 Å². The van der Waals surface area contributed by atoms with E-state index in [-0.39, 0.29) is 5.91 Å². The van der Waals surface area contributed by atoms with Crippen molar-refractivity contribution in [3.8, 4) is 11.5 Å². The molecule has 1 aromatic heterocycles. The number of nitrogens with zero attached hydrogens (tertiary/aromatic N) is 1. The number of ether oxygens (including phenoxy) is 2. The van der Waals surface area contributed by atoms with E-state index in [1.807, 2.05) is 25.1 Å². The van der Waals surface area contributed by atoms with Gasteiger partial charge in [0.1, 0.15) is 4.88 Å². The Morgan fingerprint density at radius 2 is 1.63 bits per heavy atom. The number of aromatic nitrogens is 1. The fourth-order valence-electron chi connectivity index (χ4n) is 2.74. The lowest BCUT2D eigenvalue weighted by molar-refractivity contribution is 0.102. The van der Waals surface area contributed by atoms with Gasteiger partial charge in [0.15, 0.2) is 16.6 Å². The first kappa shape index (κ1) is 21.1. The summed E-state index contributed by atoms with van der Waals surface area (Å²) in [6.45, 7) is 3.65. The molecule has 0 atom stereocenters. The summed E-state index contributed by atoms with van der Waals surface area (Å²) < 4.78 is 10.4. The topological polar surface area (TPSA) is 102 Å². The van der Waals surface area contributed by atoms with Crippen LogP contribution in [0.15, 0.2) is 42.5 Å². The van der Waals surface area contributed by atoms with Crippen LogP contribution in [-0.2, 0) is 0 Å². The molecule has 156 valence electrons. The summed E-state index contributed by atoms with van der Waals surface area (Å²) in [5.74, 6) is 0.742. The van der Waals surface area contributed by atoms with Gasteiger partial charge in [0.05, 0.1) is 19.9 Å². The van der Waals surface area contributed by atoms with Crippen LogP contribution in [-0.4, -0.2) is 31.1 Å². The molecule has 0 aliphatic carbocycles. The second-order valence-corrected chi connectivity index (χ2v) is 7.41. The minimum Gasteiger partial charge on any atom is -0.493 e. The molecule has 3 rings (SSSR count). The molecule has 0 saturated heterocycles. The average molecular weight is 426 g/mol. The number of nitrogens with one attached hydrogen (secondary N) is 3. The Balaban J connectivity index is 1.68. The molecule has 0 aliphatic rings. The third-order valence-electron chi connectivity index (χ3n) is 4.14. The lowest BCUT2D eigenvalue weighted by Crippen LogP contribution is -2.19. The molecule has 0 saturated carbocycles. The van der Waals surface area contributed by atoms with E-state index in [9.17, 15) is 9.59 Å². The summed E-state index contributed by atoms with van der Waals surface area (Å²) in [5.41, 5.74) is 2.78. The van der Waals surface area contributed by atoms with Crippen LogP contribution in [0.3, 0.4) is 0 Å². The minimum absolute atomic E-state index is 0.329. The van der Waals surface area contributed by atoms with E-state index in [2.05, 4.69) is 20.9 Å². The molecule has 2 aromatic carbocycles. The zero-order valence-electron chi connectivity index (χ0n) is 17.0. The molecule has 0 fully saturated rings. The third kappa shape index (κ3) is 5.06. The predicted octanol–water partition coefficient (Wildman–Crippen LogP) is 4.67. The lowest BCUT2D eigenvalue weighted by Gasteiger charge is -2.10. The molecular weight excluding hydrogens is 404 g/mol. The van der Waals surface area contributed by atoms with Gasteiger partial charge in [0, 0.05) is 17.4 Å². The monoisotopic (exact) mass is 426 g/mol. The van der Waals surface area contributed by atoms with Gasteiger partial charge < -0.3 is 20.1 Å². The fourth-order valence-corrected chi connectivity index (χ4v) is 3.60. The Bertz CT molecular complexity index is 1080. The zero-order chi connectivity index (χ0) is 21.7. The first-order valence-electron chi connectivity index (χ1n) is 9.05. The molecule has 3 N–H and O–H groups in total. The fraction of sp³-hybridized carbons (Fsp3) is 0.190. The molecule has 0 unspecified atom stereocenters. The van der Waals surface area contributed by atoms with Crippen LogP contribution in [0.4, 0.5) is 21.3 Å². The highest BCUT2D eigenvalue weighted by Crippen LogP contribution is 2.30. The first-order chi connectivity index (χ1) is 14.4. The van der Waals surface area contributed by atoms with Crippen molar-refractivity contribution >= 4 is 39.8 Å². The minimum atomic E-state index is -0.429. The van der Waals surface area contributed by atoms with Crippen molar-refractivity contribution in [2.24, 2.45) is 0 Å². The van der Waals surface area contributed by atoms with Crippen LogP contribution in [0.1, 0.15) is 20.9 Å². The van der Waals surface area contributed by atoms with Crippen molar-refractivity contribution in [2.45, 2.75) is 13.8 Å². The van der Waals surface area contributed by atoms with Gasteiger partial charge >= 0.3 is 6.03 Å². The molecule has 30 heavy (non-hydrogen) atoms. The summed E-state index contributed by atoms with van der Waals surface area (Å²) in [6.07, 6.45) is 0. The largest absolute Gasteiger partial charge is 0.493 e. The van der Waals surface area contributed by atoms with E-state index in [0.717, 1.165) is 16.9 Å². The highest BCUT2D eigenvalue weighted by molar-refractivity contribution is 7.17. The molecule has 0 spiro atoms. The number of thiazole rings is 1. The van der Waals surface area contributed by atoms with Crippen molar-refractivity contribution in [1.82, 2.24) is 4.98 Å². The maximum absolute atomic E-state index is 12.7. The number of hydrogen-bond donors (Lipinski definition) is 3. The van der Waals surface area contributed by atoms with E-state index in [4.69, 9.17) is 9.47 Å². The van der Waals surface area contributed by atoms with Gasteiger partial charge in [0.25, 0.3) is 5.91 Å². The summed E-state index contributed by atoms with van der Waals surface area (Å²) in [4.78, 5) is 29.6. The number of aryl methyl sites for hydroxylation is 2. The molecule has 3 amide bonds. The van der Waals surface area contributed by atoms with Crippen LogP contribution in [0.2, 0.25) is 0 Å². The summed E-state index contributed by atoms with van der Waals surface area (Å²) in [6, 6.07) is 12.1. The number of anilines is 3. The number of benzene rings is 2. The van der Waals surface area contributed by atoms with Gasteiger partial charge in [-0.15, -0.1) is 0 Å². The number of rotatable bonds is 6. The Morgan fingerprint density at radius 3 is 2.33 bits per heavy atom. The van der Waals surface area contributed by atoms with E-state index in [0.29, 0.717) is 38.6 Å². The number of hydrogen-bond acceptors (Lipinski definition) is 6. The van der Waals surface area contributed by atoms with Gasteiger partial charge in [0.2, 0.25) is 0 Å². The van der Waals surface area contributed by atoms with Crippen molar-refractivity contribution < 1.29 is 19.1 Å². The summed E-state index contributed by atoms with van der Waals surface area (Å²) in [5, 5.41) is 8.54. The molecule has 0 bridgehead atoms. The first-order valence-corrected chi connectivity index (χ1v) is 9.86. The summed E-state index contributed by atoms with van der Waals surface area (Å²) in [7, 11) is 3.07. The van der Waals surface area contributed by atoms with Gasteiger partial charge in [-0.25, -0.2) is 9.78 Å². The third-order valence-corrected chi connectivity index (χ3v) is 5.21. The maximum Gasteiger partial charge on any atom is 0.325 e. The molecule has 0 radical (unpaired) electrons. The quantitative estimate of drug-likeness (QED) is 0.531. The predicted molar refractivity (Wildman–Crippen MR) is 118 cm³/mol. The second kappa shape index (κ2) is 9.27. The molecule has 0 aliphatic heterocycles. The van der Waals surface area contributed by atoms with Gasteiger partial charge in [-0.3, -0.25) is 10.1 Å². The number of methoxy groups -OCH3 is 2. The van der Waals surface area contributed by atoms with Crippen LogP contribution >= 0.6 is 11.3 Å². The van der Waals surface area contributed by atoms with Crippen LogP contribution < -0.4 is 25.4 Å². The van der Waals surface area contributed by atoms with E-state index in [1.54, 1.807) is 38.3 Å². The number of carbonyl (C=O) groups excluding carboxylic acids is 2. The van der Waals surface area contributed by atoms with Crippen LogP contribution in [0.25, 0.3) is 0 Å². The average Bonchev–Trinajstić information content (AvgIpc) is 3.07. The lowest BCUT2D eigenvalue weighted by atomic mass is 10.2. The molecule has 1 heterocycles. The van der Waals surface area contributed by atoms with Crippen molar-refractivity contribution in [1.29, 1.82) is 0 Å². The Kier molecular flexibility index (Phi) is 6.53. The normalized spacial score (nSPS) is 10.3. The van der Waals surface area contributed by atoms with Gasteiger partial charge in [-0.1, -0.05) is 23.5 Å². The zero-order valence-corrected chi connectivity index (χ0v) is 17.8. The summed E-state index contributed by atoms with van der Waals surface area (Å²) >= 11 is 1.10. The van der Waals surface area contributed by atoms with E-state index < -0.39 is 6.03 Å². The van der Waals surface area contributed by atoms with Crippen LogP contribution in [0, 0.1) is 13.8 Å². The standard InChI is InChI=1S/C21H22N4O4S/c1-12-6-5-7-14(10-12)24-20(27)25-21-22-13(2)18(30-21)19(26)23-15-8-9-16(28-3)17(11-15)29-4/h5-11H,1-4H3,(H,23,26)(H2,22,24,25,27). The molecule has 3 aromatic rings. The SMILES string of the molecule is COc1ccc(NC(=O)c2sc(NC(=O)Nc3cccc(C)c3)nc2C)cc1OC. The Hall–Kier alpha value is -3.59. The van der Waals surface area contributed by atoms with Gasteiger partial charge in [-0.2, -0.15) is 0 Å². The molecule has 8 nitrogen and oxygen atoms in total. The highest BCUT2D eigenvalue weighted by atomic mass is 32.1. The number of urea groups is 1. The molecule has 9 heteroatoms. The van der Waals surface area contributed by atoms with E-state index >= 15 is 0 Å². The van der Waals surface area contributed by atoms with Crippen molar-refractivity contribution in [3.63, 3.8) is 0 Å². The van der Waals surface area contributed by atoms with Gasteiger partial charge in [-0.05, 0) is 43.7 Å². The van der Waals surface area contributed by atoms with Crippen molar-refractivity contribution in [2.75, 3.05) is 30.2 Å². The van der Waals surface area contributed by atoms with E-state index in [1.165, 1.54) is 7.11 Å². The number of carbonyl (C=O) groups is 2. The Morgan fingerprint density at radius 1 is 0.900 bits per heavy atom. The number of amides is 3.